The molecule has 2 N–H and O–H groups in total. The molecule has 0 bridgehead atoms. The number of fused-ring (bicyclic) bond motifs is 1. The Labute approximate surface area is 217 Å². The zero-order valence-corrected chi connectivity index (χ0v) is 22.3. The molecule has 3 aromatic rings. The highest BCUT2D eigenvalue weighted by molar-refractivity contribution is 7.92. The van der Waals surface area contributed by atoms with Crippen LogP contribution in [0.2, 0.25) is 0 Å². The molecule has 0 spiro atoms. The van der Waals surface area contributed by atoms with Crippen LogP contribution in [-0.2, 0) is 10.0 Å². The highest BCUT2D eigenvalue weighted by Gasteiger charge is 2.32. The highest BCUT2D eigenvalue weighted by atomic mass is 32.2. The average molecular weight is 527 g/mol. The fourth-order valence-electron chi connectivity index (χ4n) is 5.44. The van der Waals surface area contributed by atoms with Gasteiger partial charge in [0, 0.05) is 50.0 Å². The van der Waals surface area contributed by atoms with Crippen molar-refractivity contribution in [3.05, 3.63) is 52.8 Å². The predicted octanol–water partition coefficient (Wildman–Crippen LogP) is 2.90. The van der Waals surface area contributed by atoms with E-state index in [1.165, 1.54) is 0 Å². The number of carbonyl (C=O) groups excluding carboxylic acids is 1. The second kappa shape index (κ2) is 9.94. The standard InChI is InChI=1S/C26H34N6O4S/c1-17-7-8-21(29-37(3,35)36)20(12-17)26(34)31-10-5-4-6-23(31)22-13-24-27-25(18(2)14-32(24)28-22)30-11-9-19(15-30)16-33/h7-8,12-14,19,23,29,33H,4-6,9-11,15-16H2,1-3H3. The lowest BCUT2D eigenvalue weighted by Gasteiger charge is -2.35. The van der Waals surface area contributed by atoms with Gasteiger partial charge in [0.05, 0.1) is 29.2 Å². The van der Waals surface area contributed by atoms with Gasteiger partial charge in [-0.1, -0.05) is 11.6 Å². The first-order valence-corrected chi connectivity index (χ1v) is 14.6. The number of aromatic nitrogens is 3. The summed E-state index contributed by atoms with van der Waals surface area (Å²) in [6.45, 7) is 6.29. The summed E-state index contributed by atoms with van der Waals surface area (Å²) in [7, 11) is -3.54. The van der Waals surface area contributed by atoms with Crippen LogP contribution < -0.4 is 9.62 Å². The van der Waals surface area contributed by atoms with E-state index in [0.717, 1.165) is 73.3 Å². The molecule has 2 atom stereocenters. The van der Waals surface area contributed by atoms with Gasteiger partial charge in [-0.3, -0.25) is 9.52 Å². The van der Waals surface area contributed by atoms with E-state index in [1.807, 2.05) is 31.0 Å². The molecule has 2 aliphatic rings. The number of hydrogen-bond donors (Lipinski definition) is 2. The zero-order valence-electron chi connectivity index (χ0n) is 21.5. The smallest absolute Gasteiger partial charge is 0.256 e. The van der Waals surface area contributed by atoms with Gasteiger partial charge < -0.3 is 14.9 Å². The molecule has 0 radical (unpaired) electrons. The number of aryl methyl sites for hydroxylation is 2. The third kappa shape index (κ3) is 5.28. The molecule has 2 unspecified atom stereocenters. The molecule has 5 rings (SSSR count). The van der Waals surface area contributed by atoms with Crippen molar-refractivity contribution in [2.24, 2.45) is 5.92 Å². The Hall–Kier alpha value is -3.18. The molecule has 0 saturated carbocycles. The van der Waals surface area contributed by atoms with Crippen molar-refractivity contribution in [2.75, 3.05) is 42.1 Å². The van der Waals surface area contributed by atoms with Crippen LogP contribution in [0.15, 0.2) is 30.5 Å². The van der Waals surface area contributed by atoms with E-state index >= 15 is 0 Å². The lowest BCUT2D eigenvalue weighted by molar-refractivity contribution is 0.0606. The van der Waals surface area contributed by atoms with Gasteiger partial charge in [0.2, 0.25) is 10.0 Å². The Balaban J connectivity index is 1.47. The summed E-state index contributed by atoms with van der Waals surface area (Å²) in [5.41, 5.74) is 4.00. The van der Waals surface area contributed by atoms with Crippen molar-refractivity contribution in [2.45, 2.75) is 45.6 Å². The highest BCUT2D eigenvalue weighted by Crippen LogP contribution is 2.34. The van der Waals surface area contributed by atoms with E-state index in [9.17, 15) is 18.3 Å². The summed E-state index contributed by atoms with van der Waals surface area (Å²) in [5.74, 6) is 0.958. The number of sulfonamides is 1. The molecule has 2 fully saturated rings. The van der Waals surface area contributed by atoms with E-state index in [2.05, 4.69) is 9.62 Å². The first-order chi connectivity index (χ1) is 17.6. The maximum atomic E-state index is 13.8. The Morgan fingerprint density at radius 1 is 1.16 bits per heavy atom. The van der Waals surface area contributed by atoms with Crippen LogP contribution in [0.5, 0.6) is 0 Å². The number of aliphatic hydroxyl groups is 1. The molecule has 4 heterocycles. The molecule has 1 amide bonds. The largest absolute Gasteiger partial charge is 0.396 e. The number of hydrogen-bond acceptors (Lipinski definition) is 7. The van der Waals surface area contributed by atoms with Crippen molar-refractivity contribution in [1.29, 1.82) is 0 Å². The molecule has 10 nitrogen and oxygen atoms in total. The molecular weight excluding hydrogens is 492 g/mol. The van der Waals surface area contributed by atoms with Crippen LogP contribution in [0.1, 0.15) is 58.9 Å². The number of nitrogens with one attached hydrogen (secondary N) is 1. The third-order valence-corrected chi connectivity index (χ3v) is 7.86. The van der Waals surface area contributed by atoms with Crippen LogP contribution in [0.3, 0.4) is 0 Å². The molecule has 2 saturated heterocycles. The minimum Gasteiger partial charge on any atom is -0.396 e. The quantitative estimate of drug-likeness (QED) is 0.507. The minimum atomic E-state index is -3.54. The minimum absolute atomic E-state index is 0.183. The monoisotopic (exact) mass is 526 g/mol. The number of carbonyl (C=O) groups is 1. The van der Waals surface area contributed by atoms with Crippen LogP contribution >= 0.6 is 0 Å². The second-order valence-corrected chi connectivity index (χ2v) is 12.1. The molecule has 2 aromatic heterocycles. The molecule has 11 heteroatoms. The van der Waals surface area contributed by atoms with Crippen LogP contribution in [0, 0.1) is 19.8 Å². The Kier molecular flexibility index (Phi) is 6.84. The number of benzene rings is 1. The zero-order chi connectivity index (χ0) is 26.3. The van der Waals surface area contributed by atoms with Gasteiger partial charge in [-0.2, -0.15) is 5.10 Å². The number of nitrogens with zero attached hydrogens (tertiary/aromatic N) is 5. The predicted molar refractivity (Wildman–Crippen MR) is 142 cm³/mol. The van der Waals surface area contributed by atoms with Gasteiger partial charge in [-0.15, -0.1) is 0 Å². The topological polar surface area (TPSA) is 120 Å². The number of anilines is 2. The second-order valence-electron chi connectivity index (χ2n) is 10.3. The van der Waals surface area contributed by atoms with Gasteiger partial charge in [0.25, 0.3) is 5.91 Å². The fourth-order valence-corrected chi connectivity index (χ4v) is 6.01. The number of rotatable bonds is 6. The summed E-state index contributed by atoms with van der Waals surface area (Å²) in [6.07, 6.45) is 6.61. The number of amides is 1. The van der Waals surface area contributed by atoms with Gasteiger partial charge >= 0.3 is 0 Å². The SMILES string of the molecule is Cc1ccc(NS(C)(=O)=O)c(C(=O)N2CCCCC2c2cc3nc(N4CCC(CO)C4)c(C)cn3n2)c1. The van der Waals surface area contributed by atoms with Gasteiger partial charge in [0.1, 0.15) is 5.82 Å². The van der Waals surface area contributed by atoms with Crippen molar-refractivity contribution < 1.29 is 18.3 Å². The van der Waals surface area contributed by atoms with E-state index in [0.29, 0.717) is 12.1 Å². The normalized spacial score (nSPS) is 20.5. The third-order valence-electron chi connectivity index (χ3n) is 7.27. The van der Waals surface area contributed by atoms with Crippen molar-refractivity contribution >= 4 is 33.1 Å². The van der Waals surface area contributed by atoms with Crippen LogP contribution in [0.4, 0.5) is 11.5 Å². The summed E-state index contributed by atoms with van der Waals surface area (Å²) >= 11 is 0. The molecule has 0 aliphatic carbocycles. The van der Waals surface area contributed by atoms with E-state index in [-0.39, 0.29) is 30.2 Å². The first kappa shape index (κ1) is 25.5. The Morgan fingerprint density at radius 2 is 1.97 bits per heavy atom. The van der Waals surface area contributed by atoms with Crippen LogP contribution in [-0.4, -0.2) is 71.4 Å². The molecule has 198 valence electrons. The van der Waals surface area contributed by atoms with Crippen molar-refractivity contribution in [3.8, 4) is 0 Å². The fraction of sp³-hybridized carbons (Fsp3) is 0.500. The van der Waals surface area contributed by atoms with Gasteiger partial charge in [-0.05, 0) is 51.7 Å². The summed E-state index contributed by atoms with van der Waals surface area (Å²) in [6, 6.07) is 6.88. The lowest BCUT2D eigenvalue weighted by Crippen LogP contribution is -2.39. The van der Waals surface area contributed by atoms with Crippen molar-refractivity contribution in [3.63, 3.8) is 0 Å². The van der Waals surface area contributed by atoms with Crippen LogP contribution in [0.25, 0.3) is 5.65 Å². The van der Waals surface area contributed by atoms with E-state index < -0.39 is 10.0 Å². The molecule has 1 aromatic carbocycles. The summed E-state index contributed by atoms with van der Waals surface area (Å²) in [4.78, 5) is 22.7. The van der Waals surface area contributed by atoms with Gasteiger partial charge in [-0.25, -0.2) is 17.9 Å². The average Bonchev–Trinajstić information content (AvgIpc) is 3.50. The maximum absolute atomic E-state index is 13.8. The maximum Gasteiger partial charge on any atom is 0.256 e. The van der Waals surface area contributed by atoms with Gasteiger partial charge in [0.15, 0.2) is 5.65 Å². The van der Waals surface area contributed by atoms with E-state index in [1.54, 1.807) is 22.7 Å². The summed E-state index contributed by atoms with van der Waals surface area (Å²) in [5, 5.41) is 14.3. The van der Waals surface area contributed by atoms with E-state index in [4.69, 9.17) is 10.1 Å². The first-order valence-electron chi connectivity index (χ1n) is 12.7. The number of piperidine rings is 1. The lowest BCUT2D eigenvalue weighted by atomic mass is 9.97. The summed E-state index contributed by atoms with van der Waals surface area (Å²) < 4.78 is 28.1. The Bertz CT molecular complexity index is 1440. The molecule has 2 aliphatic heterocycles. The number of aliphatic hydroxyl groups excluding tert-OH is 1. The molecular formula is C26H34N6O4S. The number of likely N-dealkylation sites (tertiary alicyclic amines) is 1. The van der Waals surface area contributed by atoms with Crippen molar-refractivity contribution in [1.82, 2.24) is 19.5 Å². The Morgan fingerprint density at radius 3 is 2.70 bits per heavy atom. The molecule has 37 heavy (non-hydrogen) atoms.